The van der Waals surface area contributed by atoms with Gasteiger partial charge < -0.3 is 15.4 Å². The molecule has 2 aromatic rings. The number of para-hydroxylation sites is 1. The van der Waals surface area contributed by atoms with Gasteiger partial charge in [-0.25, -0.2) is 0 Å². The van der Waals surface area contributed by atoms with Crippen molar-refractivity contribution >= 4 is 11.8 Å². The van der Waals surface area contributed by atoms with Crippen LogP contribution in [-0.4, -0.2) is 25.0 Å². The second kappa shape index (κ2) is 8.87. The van der Waals surface area contributed by atoms with E-state index in [0.29, 0.717) is 17.9 Å². The molecule has 0 saturated heterocycles. The molecule has 0 aliphatic carbocycles. The van der Waals surface area contributed by atoms with Crippen LogP contribution in [0.15, 0.2) is 54.6 Å². The van der Waals surface area contributed by atoms with Gasteiger partial charge in [-0.3, -0.25) is 9.59 Å². The van der Waals surface area contributed by atoms with Crippen molar-refractivity contribution in [1.82, 2.24) is 10.6 Å². The summed E-state index contributed by atoms with van der Waals surface area (Å²) in [6.07, 6.45) is 0. The van der Waals surface area contributed by atoms with Gasteiger partial charge in [0.25, 0.3) is 5.91 Å². The molecule has 0 fully saturated rings. The molecule has 0 aliphatic heterocycles. The Kier molecular flexibility index (Phi) is 6.57. The molecule has 1 atom stereocenters. The summed E-state index contributed by atoms with van der Waals surface area (Å²) in [5, 5.41) is 5.69. The van der Waals surface area contributed by atoms with Crippen LogP contribution >= 0.6 is 0 Å². The molecular formula is C20H24N2O3. The zero-order valence-electron chi connectivity index (χ0n) is 14.8. The number of methoxy groups -OCH3 is 1. The van der Waals surface area contributed by atoms with Crippen LogP contribution in [0.25, 0.3) is 0 Å². The first-order valence-corrected chi connectivity index (χ1v) is 8.28. The van der Waals surface area contributed by atoms with E-state index in [1.165, 1.54) is 7.11 Å². The molecule has 5 nitrogen and oxygen atoms in total. The molecule has 0 aromatic heterocycles. The van der Waals surface area contributed by atoms with E-state index in [1.807, 2.05) is 44.2 Å². The Balaban J connectivity index is 2.04. The highest BCUT2D eigenvalue weighted by Gasteiger charge is 2.25. The van der Waals surface area contributed by atoms with Crippen molar-refractivity contribution in [3.63, 3.8) is 0 Å². The minimum atomic E-state index is -0.624. The topological polar surface area (TPSA) is 67.4 Å². The van der Waals surface area contributed by atoms with E-state index in [1.54, 1.807) is 24.3 Å². The largest absolute Gasteiger partial charge is 0.496 e. The molecule has 2 rings (SSSR count). The quantitative estimate of drug-likeness (QED) is 0.814. The Labute approximate surface area is 148 Å². The van der Waals surface area contributed by atoms with E-state index < -0.39 is 6.04 Å². The van der Waals surface area contributed by atoms with E-state index >= 15 is 0 Å². The zero-order chi connectivity index (χ0) is 18.2. The number of hydrogen-bond acceptors (Lipinski definition) is 3. The molecule has 25 heavy (non-hydrogen) atoms. The molecule has 0 heterocycles. The molecule has 0 unspecified atom stereocenters. The van der Waals surface area contributed by atoms with E-state index in [4.69, 9.17) is 4.74 Å². The lowest BCUT2D eigenvalue weighted by molar-refractivity contribution is -0.124. The van der Waals surface area contributed by atoms with Crippen LogP contribution in [0, 0.1) is 5.92 Å². The molecule has 0 aliphatic rings. The maximum Gasteiger partial charge on any atom is 0.255 e. The normalized spacial score (nSPS) is 11.7. The third-order valence-electron chi connectivity index (χ3n) is 3.90. The number of hydrogen-bond donors (Lipinski definition) is 2. The molecule has 0 bridgehead atoms. The molecule has 2 aromatic carbocycles. The maximum atomic E-state index is 12.5. The zero-order valence-corrected chi connectivity index (χ0v) is 14.8. The highest BCUT2D eigenvalue weighted by Crippen LogP contribution is 2.17. The van der Waals surface area contributed by atoms with Crippen LogP contribution < -0.4 is 15.4 Å². The Morgan fingerprint density at radius 2 is 1.64 bits per heavy atom. The number of ether oxygens (including phenoxy) is 1. The number of carbonyl (C=O) groups excluding carboxylic acids is 2. The lowest BCUT2D eigenvalue weighted by Crippen LogP contribution is -2.49. The van der Waals surface area contributed by atoms with Gasteiger partial charge in [-0.05, 0) is 23.6 Å². The van der Waals surface area contributed by atoms with Crippen molar-refractivity contribution in [2.45, 2.75) is 26.4 Å². The second-order valence-corrected chi connectivity index (χ2v) is 6.10. The lowest BCUT2D eigenvalue weighted by atomic mass is 10.0. The molecular weight excluding hydrogens is 316 g/mol. The third-order valence-corrected chi connectivity index (χ3v) is 3.90. The SMILES string of the molecule is COc1ccccc1C(=O)N[C@H](C(=O)NCc1ccccc1)C(C)C. The molecule has 132 valence electrons. The van der Waals surface area contributed by atoms with Gasteiger partial charge in [0, 0.05) is 6.54 Å². The van der Waals surface area contributed by atoms with Gasteiger partial charge in [0.15, 0.2) is 0 Å². The van der Waals surface area contributed by atoms with Gasteiger partial charge in [-0.2, -0.15) is 0 Å². The summed E-state index contributed by atoms with van der Waals surface area (Å²) in [5.41, 5.74) is 1.42. The predicted molar refractivity (Wildman–Crippen MR) is 97.4 cm³/mol. The highest BCUT2D eigenvalue weighted by molar-refractivity contribution is 5.99. The van der Waals surface area contributed by atoms with Gasteiger partial charge in [-0.15, -0.1) is 0 Å². The fourth-order valence-electron chi connectivity index (χ4n) is 2.48. The van der Waals surface area contributed by atoms with E-state index in [-0.39, 0.29) is 17.7 Å². The monoisotopic (exact) mass is 340 g/mol. The van der Waals surface area contributed by atoms with Crippen molar-refractivity contribution in [3.8, 4) is 5.75 Å². The molecule has 2 N–H and O–H groups in total. The fourth-order valence-corrected chi connectivity index (χ4v) is 2.48. The maximum absolute atomic E-state index is 12.5. The van der Waals surface area contributed by atoms with E-state index in [0.717, 1.165) is 5.56 Å². The van der Waals surface area contributed by atoms with Crippen LogP contribution in [0.5, 0.6) is 5.75 Å². The van der Waals surface area contributed by atoms with Gasteiger partial charge in [-0.1, -0.05) is 56.3 Å². The fraction of sp³-hybridized carbons (Fsp3) is 0.300. The second-order valence-electron chi connectivity index (χ2n) is 6.10. The Hall–Kier alpha value is -2.82. The number of rotatable bonds is 7. The molecule has 5 heteroatoms. The molecule has 0 saturated carbocycles. The summed E-state index contributed by atoms with van der Waals surface area (Å²) in [6.45, 7) is 4.22. The minimum absolute atomic E-state index is 0.0468. The predicted octanol–water partition coefficient (Wildman–Crippen LogP) is 2.77. The van der Waals surface area contributed by atoms with Crippen LogP contribution in [-0.2, 0) is 11.3 Å². The molecule has 0 radical (unpaired) electrons. The summed E-state index contributed by atoms with van der Waals surface area (Å²) >= 11 is 0. The van der Waals surface area contributed by atoms with E-state index in [2.05, 4.69) is 10.6 Å². The van der Waals surface area contributed by atoms with Gasteiger partial charge in [0.1, 0.15) is 11.8 Å². The van der Waals surface area contributed by atoms with Crippen LogP contribution in [0.2, 0.25) is 0 Å². The highest BCUT2D eigenvalue weighted by atomic mass is 16.5. The van der Waals surface area contributed by atoms with Crippen molar-refractivity contribution < 1.29 is 14.3 Å². The Morgan fingerprint density at radius 1 is 1.00 bits per heavy atom. The summed E-state index contributed by atoms with van der Waals surface area (Å²) in [4.78, 5) is 25.1. The third kappa shape index (κ3) is 5.08. The Bertz CT molecular complexity index is 714. The van der Waals surface area contributed by atoms with Crippen molar-refractivity contribution in [2.24, 2.45) is 5.92 Å². The number of benzene rings is 2. The first kappa shape index (κ1) is 18.5. The average Bonchev–Trinajstić information content (AvgIpc) is 2.64. The molecule has 0 spiro atoms. The number of amides is 2. The average molecular weight is 340 g/mol. The van der Waals surface area contributed by atoms with Crippen LogP contribution in [0.4, 0.5) is 0 Å². The van der Waals surface area contributed by atoms with Crippen molar-refractivity contribution in [2.75, 3.05) is 7.11 Å². The summed E-state index contributed by atoms with van der Waals surface area (Å²) in [5.74, 6) is -0.102. The summed E-state index contributed by atoms with van der Waals surface area (Å²) in [7, 11) is 1.51. The molecule has 2 amide bonds. The number of carbonyl (C=O) groups is 2. The van der Waals surface area contributed by atoms with Gasteiger partial charge in [0.2, 0.25) is 5.91 Å². The lowest BCUT2D eigenvalue weighted by Gasteiger charge is -2.22. The van der Waals surface area contributed by atoms with Crippen molar-refractivity contribution in [3.05, 3.63) is 65.7 Å². The number of nitrogens with one attached hydrogen (secondary N) is 2. The first-order valence-electron chi connectivity index (χ1n) is 8.28. The minimum Gasteiger partial charge on any atom is -0.496 e. The standard InChI is InChI=1S/C20H24N2O3/c1-14(2)18(20(24)21-13-15-9-5-4-6-10-15)22-19(23)16-11-7-8-12-17(16)25-3/h4-12,14,18H,13H2,1-3H3,(H,21,24)(H,22,23)/t18-/m0/s1. The summed E-state index contributed by atoms with van der Waals surface area (Å²) < 4.78 is 5.21. The van der Waals surface area contributed by atoms with Gasteiger partial charge >= 0.3 is 0 Å². The van der Waals surface area contributed by atoms with Crippen LogP contribution in [0.3, 0.4) is 0 Å². The Morgan fingerprint density at radius 3 is 2.28 bits per heavy atom. The van der Waals surface area contributed by atoms with E-state index in [9.17, 15) is 9.59 Å². The summed E-state index contributed by atoms with van der Waals surface area (Å²) in [6, 6.07) is 16.0. The van der Waals surface area contributed by atoms with Gasteiger partial charge in [0.05, 0.1) is 12.7 Å². The van der Waals surface area contributed by atoms with Crippen LogP contribution in [0.1, 0.15) is 29.8 Å². The first-order chi connectivity index (χ1) is 12.0. The van der Waals surface area contributed by atoms with Crippen molar-refractivity contribution in [1.29, 1.82) is 0 Å². The smallest absolute Gasteiger partial charge is 0.255 e.